The van der Waals surface area contributed by atoms with Crippen molar-refractivity contribution in [2.45, 2.75) is 45.6 Å². The highest BCUT2D eigenvalue weighted by Gasteiger charge is 2.66. The Kier molecular flexibility index (Phi) is 1.79. The first kappa shape index (κ1) is 9.97. The van der Waals surface area contributed by atoms with E-state index in [1.54, 1.807) is 6.92 Å². The second kappa shape index (κ2) is 2.51. The van der Waals surface area contributed by atoms with Crippen LogP contribution in [0.25, 0.3) is 0 Å². The Morgan fingerprint density at radius 3 is 2.21 bits per heavy atom. The molecule has 3 heteroatoms. The highest BCUT2D eigenvalue weighted by molar-refractivity contribution is 5.81. The number of hydrogen-bond donors (Lipinski definition) is 1. The van der Waals surface area contributed by atoms with Crippen LogP contribution < -0.4 is 0 Å². The van der Waals surface area contributed by atoms with Gasteiger partial charge < -0.3 is 9.84 Å². The topological polar surface area (TPSA) is 46.5 Å². The smallest absolute Gasteiger partial charge is 0.315 e. The van der Waals surface area contributed by atoms with Crippen molar-refractivity contribution in [2.24, 2.45) is 10.8 Å². The molecule has 0 aromatic heterocycles. The van der Waals surface area contributed by atoms with Crippen molar-refractivity contribution in [1.29, 1.82) is 0 Å². The van der Waals surface area contributed by atoms with Crippen LogP contribution in [-0.2, 0) is 9.53 Å². The number of ether oxygens (including phenoxy) is 1. The van der Waals surface area contributed by atoms with Gasteiger partial charge in [-0.25, -0.2) is 0 Å². The number of rotatable bonds is 0. The molecule has 0 aromatic carbocycles. The quantitative estimate of drug-likeness (QED) is 0.600. The van der Waals surface area contributed by atoms with Crippen LogP contribution in [0.5, 0.6) is 0 Å². The average molecular weight is 198 g/mol. The van der Waals surface area contributed by atoms with Gasteiger partial charge in [-0.05, 0) is 25.2 Å². The van der Waals surface area contributed by atoms with E-state index >= 15 is 0 Å². The second-order valence-electron chi connectivity index (χ2n) is 5.42. The molecular weight excluding hydrogens is 180 g/mol. The third-order valence-electron chi connectivity index (χ3n) is 4.58. The zero-order valence-corrected chi connectivity index (χ0v) is 9.09. The van der Waals surface area contributed by atoms with E-state index in [1.165, 1.54) is 0 Å². The van der Waals surface area contributed by atoms with Gasteiger partial charge in [0.05, 0.1) is 12.2 Å². The maximum absolute atomic E-state index is 11.7. The van der Waals surface area contributed by atoms with Crippen molar-refractivity contribution in [2.75, 3.05) is 6.61 Å². The molecule has 3 nitrogen and oxygen atoms in total. The minimum atomic E-state index is -0.937. The van der Waals surface area contributed by atoms with Crippen molar-refractivity contribution in [3.8, 4) is 0 Å². The minimum absolute atomic E-state index is 0.198. The Hall–Kier alpha value is -0.570. The molecule has 80 valence electrons. The first-order valence-electron chi connectivity index (χ1n) is 5.23. The van der Waals surface area contributed by atoms with Crippen LogP contribution in [0.15, 0.2) is 0 Å². The Bertz CT molecular complexity index is 280. The maximum atomic E-state index is 11.7. The Labute approximate surface area is 84.4 Å². The van der Waals surface area contributed by atoms with Gasteiger partial charge in [0.15, 0.2) is 0 Å². The molecule has 1 aliphatic heterocycles. The fourth-order valence-corrected chi connectivity index (χ4v) is 2.89. The normalized spacial score (nSPS) is 45.9. The molecule has 2 aliphatic rings. The van der Waals surface area contributed by atoms with Gasteiger partial charge in [-0.1, -0.05) is 13.8 Å². The highest BCUT2D eigenvalue weighted by Crippen LogP contribution is 2.60. The van der Waals surface area contributed by atoms with Crippen LogP contribution in [-0.4, -0.2) is 23.3 Å². The van der Waals surface area contributed by atoms with E-state index in [4.69, 9.17) is 4.74 Å². The summed E-state index contributed by atoms with van der Waals surface area (Å²) in [6, 6.07) is 0. The summed E-state index contributed by atoms with van der Waals surface area (Å²) in [5.74, 6) is -0.201. The summed E-state index contributed by atoms with van der Waals surface area (Å²) in [5.41, 5.74) is -1.76. The van der Waals surface area contributed by atoms with Gasteiger partial charge in [0.1, 0.15) is 5.41 Å². The van der Waals surface area contributed by atoms with Crippen LogP contribution >= 0.6 is 0 Å². The van der Waals surface area contributed by atoms with Crippen molar-refractivity contribution in [1.82, 2.24) is 0 Å². The number of carbonyl (C=O) groups excluding carboxylic acids is 1. The van der Waals surface area contributed by atoms with Gasteiger partial charge in [0.25, 0.3) is 0 Å². The van der Waals surface area contributed by atoms with Crippen LogP contribution in [0.4, 0.5) is 0 Å². The molecule has 14 heavy (non-hydrogen) atoms. The maximum Gasteiger partial charge on any atom is 0.315 e. The molecular formula is C11H18O3. The summed E-state index contributed by atoms with van der Waals surface area (Å²) < 4.78 is 5.02. The summed E-state index contributed by atoms with van der Waals surface area (Å²) in [4.78, 5) is 11.7. The Morgan fingerprint density at radius 2 is 1.86 bits per heavy atom. The zero-order valence-electron chi connectivity index (χ0n) is 9.09. The van der Waals surface area contributed by atoms with Crippen LogP contribution in [0.2, 0.25) is 0 Å². The monoisotopic (exact) mass is 198 g/mol. The van der Waals surface area contributed by atoms with Gasteiger partial charge in [-0.15, -0.1) is 0 Å². The van der Waals surface area contributed by atoms with Crippen molar-refractivity contribution < 1.29 is 14.6 Å². The van der Waals surface area contributed by atoms with Crippen molar-refractivity contribution >= 4 is 5.97 Å². The molecule has 1 N–H and O–H groups in total. The zero-order chi connectivity index (χ0) is 10.6. The van der Waals surface area contributed by atoms with Crippen LogP contribution in [0.1, 0.15) is 40.0 Å². The molecule has 0 aromatic rings. The predicted molar refractivity (Wildman–Crippen MR) is 51.6 cm³/mol. The molecule has 2 fully saturated rings. The van der Waals surface area contributed by atoms with Gasteiger partial charge in [-0.2, -0.15) is 0 Å². The molecule has 1 aliphatic carbocycles. The highest BCUT2D eigenvalue weighted by atomic mass is 16.5. The van der Waals surface area contributed by atoms with Gasteiger partial charge in [0, 0.05) is 6.42 Å². The Morgan fingerprint density at radius 1 is 1.21 bits per heavy atom. The van der Waals surface area contributed by atoms with E-state index in [0.717, 1.165) is 12.8 Å². The summed E-state index contributed by atoms with van der Waals surface area (Å²) in [6.07, 6.45) is 2.31. The molecule has 1 saturated heterocycles. The molecule has 1 heterocycles. The first-order chi connectivity index (χ1) is 6.33. The molecule has 0 radical (unpaired) electrons. The summed E-state index contributed by atoms with van der Waals surface area (Å²) in [6.45, 7) is 6.29. The molecule has 1 spiro atoms. The van der Waals surface area contributed by atoms with Crippen LogP contribution in [0, 0.1) is 10.8 Å². The lowest BCUT2D eigenvalue weighted by Crippen LogP contribution is -2.51. The fraction of sp³-hybridized carbons (Fsp3) is 0.909. The summed E-state index contributed by atoms with van der Waals surface area (Å²) in [5, 5.41) is 10.5. The van der Waals surface area contributed by atoms with Gasteiger partial charge >= 0.3 is 5.97 Å². The van der Waals surface area contributed by atoms with Gasteiger partial charge in [0.2, 0.25) is 0 Å². The summed E-state index contributed by atoms with van der Waals surface area (Å²) in [7, 11) is 0. The molecule has 1 saturated carbocycles. The fourth-order valence-electron chi connectivity index (χ4n) is 2.89. The lowest BCUT2D eigenvalue weighted by atomic mass is 9.66. The van der Waals surface area contributed by atoms with Crippen LogP contribution in [0.3, 0.4) is 0 Å². The van der Waals surface area contributed by atoms with E-state index < -0.39 is 11.0 Å². The number of esters is 1. The number of carbonyl (C=O) groups is 1. The van der Waals surface area contributed by atoms with E-state index in [2.05, 4.69) is 0 Å². The molecule has 0 bridgehead atoms. The molecule has 2 unspecified atom stereocenters. The van der Waals surface area contributed by atoms with Crippen molar-refractivity contribution in [3.05, 3.63) is 0 Å². The first-order valence-corrected chi connectivity index (χ1v) is 5.23. The molecule has 2 atom stereocenters. The van der Waals surface area contributed by atoms with E-state index in [9.17, 15) is 9.90 Å². The van der Waals surface area contributed by atoms with Gasteiger partial charge in [-0.3, -0.25) is 4.79 Å². The largest absolute Gasteiger partial charge is 0.465 e. The van der Waals surface area contributed by atoms with E-state index in [1.807, 2.05) is 13.8 Å². The number of hydrogen-bond acceptors (Lipinski definition) is 3. The predicted octanol–water partition coefficient (Wildman–Crippen LogP) is 1.49. The Balaban J connectivity index is 2.44. The summed E-state index contributed by atoms with van der Waals surface area (Å²) >= 11 is 0. The molecule has 0 amide bonds. The van der Waals surface area contributed by atoms with Crippen molar-refractivity contribution in [3.63, 3.8) is 0 Å². The average Bonchev–Trinajstić information content (AvgIpc) is 2.51. The lowest BCUT2D eigenvalue weighted by Gasteiger charge is -2.41. The standard InChI is InChI=1S/C11H18O3/c1-9(2)4-5-11(10(9,3)13)6-7-14-8(11)12/h13H,4-7H2,1-3H3. The third-order valence-corrected chi connectivity index (χ3v) is 4.58. The third kappa shape index (κ3) is 0.888. The SMILES string of the molecule is CC1(C)CCC2(CCOC2=O)C1(C)O. The molecule has 2 rings (SSSR count). The number of cyclic esters (lactones) is 1. The second-order valence-corrected chi connectivity index (χ2v) is 5.42. The van der Waals surface area contributed by atoms with E-state index in [0.29, 0.717) is 13.0 Å². The van der Waals surface area contributed by atoms with E-state index in [-0.39, 0.29) is 11.4 Å². The minimum Gasteiger partial charge on any atom is -0.465 e. The lowest BCUT2D eigenvalue weighted by molar-refractivity contribution is -0.164. The number of aliphatic hydroxyl groups is 1.